The van der Waals surface area contributed by atoms with E-state index in [1.807, 2.05) is 13.0 Å². The highest BCUT2D eigenvalue weighted by Gasteiger charge is 2.33. The van der Waals surface area contributed by atoms with Crippen LogP contribution in [0.3, 0.4) is 0 Å². The molecule has 100 valence electrons. The molecule has 0 saturated carbocycles. The first kappa shape index (κ1) is 14.4. The van der Waals surface area contributed by atoms with Gasteiger partial charge in [0.2, 0.25) is 0 Å². The van der Waals surface area contributed by atoms with Crippen molar-refractivity contribution in [3.05, 3.63) is 11.6 Å². The minimum atomic E-state index is -1.82. The van der Waals surface area contributed by atoms with E-state index >= 15 is 0 Å². The van der Waals surface area contributed by atoms with Crippen LogP contribution in [-0.4, -0.2) is 52.5 Å². The van der Waals surface area contributed by atoms with Gasteiger partial charge in [0.05, 0.1) is 0 Å². The lowest BCUT2D eigenvalue weighted by atomic mass is 9.98. The summed E-state index contributed by atoms with van der Waals surface area (Å²) in [6, 6.07) is 0. The van der Waals surface area contributed by atoms with Crippen LogP contribution in [-0.2, 0) is 14.4 Å². The third kappa shape index (κ3) is 3.96. The van der Waals surface area contributed by atoms with Gasteiger partial charge in [-0.1, -0.05) is 6.92 Å². The summed E-state index contributed by atoms with van der Waals surface area (Å²) >= 11 is 0. The van der Waals surface area contributed by atoms with E-state index in [4.69, 9.17) is 19.8 Å². The summed E-state index contributed by atoms with van der Waals surface area (Å²) in [7, 11) is 0. The van der Waals surface area contributed by atoms with E-state index in [-0.39, 0.29) is 0 Å². The van der Waals surface area contributed by atoms with Gasteiger partial charge in [-0.25, -0.2) is 9.59 Å². The number of fused-ring (bicyclic) bond motifs is 2. The molecule has 0 aliphatic carbocycles. The molecule has 0 radical (unpaired) electrons. The van der Waals surface area contributed by atoms with Crippen LogP contribution < -0.4 is 0 Å². The van der Waals surface area contributed by atoms with Gasteiger partial charge in [-0.2, -0.15) is 0 Å². The molecule has 6 nitrogen and oxygen atoms in total. The summed E-state index contributed by atoms with van der Waals surface area (Å²) in [5.41, 5.74) is 1.38. The number of hydrogen-bond acceptors (Lipinski definition) is 4. The van der Waals surface area contributed by atoms with E-state index in [0.717, 1.165) is 6.54 Å². The van der Waals surface area contributed by atoms with Crippen LogP contribution in [0.5, 0.6) is 0 Å². The van der Waals surface area contributed by atoms with Crippen molar-refractivity contribution in [3.8, 4) is 0 Å². The molecule has 2 aliphatic rings. The van der Waals surface area contributed by atoms with Gasteiger partial charge < -0.3 is 10.2 Å². The van der Waals surface area contributed by atoms with Gasteiger partial charge in [-0.3, -0.25) is 9.69 Å². The molecule has 0 spiro atoms. The second-order valence-corrected chi connectivity index (χ2v) is 4.37. The van der Waals surface area contributed by atoms with Gasteiger partial charge in [0, 0.05) is 19.5 Å². The van der Waals surface area contributed by atoms with Crippen molar-refractivity contribution in [2.24, 2.45) is 5.92 Å². The fourth-order valence-electron chi connectivity index (χ4n) is 2.14. The van der Waals surface area contributed by atoms with Crippen LogP contribution in [0.15, 0.2) is 11.6 Å². The van der Waals surface area contributed by atoms with Crippen LogP contribution in [0.1, 0.15) is 19.8 Å². The molecule has 2 fully saturated rings. The molecule has 2 aliphatic heterocycles. The lowest BCUT2D eigenvalue weighted by Crippen LogP contribution is -2.18. The molecule has 2 atom stereocenters. The topological polar surface area (TPSA) is 94.9 Å². The molecule has 6 heteroatoms. The van der Waals surface area contributed by atoms with E-state index in [1.165, 1.54) is 25.1 Å². The zero-order valence-corrected chi connectivity index (χ0v) is 10.3. The number of hydrogen-bond donors (Lipinski definition) is 2. The summed E-state index contributed by atoms with van der Waals surface area (Å²) in [4.78, 5) is 31.8. The smallest absolute Gasteiger partial charge is 0.414 e. The molecular formula is C12H17NO5. The number of carboxylic acids is 2. The van der Waals surface area contributed by atoms with E-state index in [1.54, 1.807) is 0 Å². The lowest BCUT2D eigenvalue weighted by Gasteiger charge is -2.13. The Labute approximate surface area is 105 Å². The van der Waals surface area contributed by atoms with Gasteiger partial charge in [0.1, 0.15) is 0 Å². The Bertz CT molecular complexity index is 376. The Balaban J connectivity index is 0.000000232. The number of piperidine rings is 1. The standard InChI is InChI=1S/C10H15NO.C2H2O4/c1-2-10(12)5-9-7-11-4-3-8(9)6-11;3-1(4)2(5)6/h5,8H,2-4,6-7H2,1H3;(H,3,4)(H,5,6)/b9-5-;. The first-order valence-electron chi connectivity index (χ1n) is 5.86. The summed E-state index contributed by atoms with van der Waals surface area (Å²) in [5, 5.41) is 14.8. The van der Waals surface area contributed by atoms with Crippen molar-refractivity contribution in [2.45, 2.75) is 19.8 Å². The Hall–Kier alpha value is -1.69. The number of rotatable bonds is 2. The number of carbonyl (C=O) groups is 3. The van der Waals surface area contributed by atoms with Crippen molar-refractivity contribution in [1.29, 1.82) is 0 Å². The lowest BCUT2D eigenvalue weighted by molar-refractivity contribution is -0.159. The van der Waals surface area contributed by atoms with Gasteiger partial charge in [0.25, 0.3) is 0 Å². The molecule has 2 N–H and O–H groups in total. The fraction of sp³-hybridized carbons (Fsp3) is 0.583. The van der Waals surface area contributed by atoms with Crippen LogP contribution in [0.2, 0.25) is 0 Å². The molecule has 2 saturated heterocycles. The number of nitrogens with zero attached hydrogens (tertiary/aromatic N) is 1. The summed E-state index contributed by atoms with van der Waals surface area (Å²) in [6.07, 6.45) is 3.79. The van der Waals surface area contributed by atoms with E-state index in [0.29, 0.717) is 18.1 Å². The molecule has 0 aromatic rings. The molecule has 18 heavy (non-hydrogen) atoms. The molecule has 0 aromatic heterocycles. The van der Waals surface area contributed by atoms with E-state index in [9.17, 15) is 4.79 Å². The molecule has 2 heterocycles. The van der Waals surface area contributed by atoms with Crippen LogP contribution >= 0.6 is 0 Å². The summed E-state index contributed by atoms with van der Waals surface area (Å²) in [5.74, 6) is -2.65. The van der Waals surface area contributed by atoms with Gasteiger partial charge in [0.15, 0.2) is 5.78 Å². The second kappa shape index (κ2) is 6.30. The monoisotopic (exact) mass is 255 g/mol. The Morgan fingerprint density at radius 2 is 1.94 bits per heavy atom. The van der Waals surface area contributed by atoms with Gasteiger partial charge >= 0.3 is 11.9 Å². The van der Waals surface area contributed by atoms with Crippen molar-refractivity contribution in [3.63, 3.8) is 0 Å². The van der Waals surface area contributed by atoms with Crippen molar-refractivity contribution in [1.82, 2.24) is 4.90 Å². The first-order chi connectivity index (χ1) is 8.43. The van der Waals surface area contributed by atoms with E-state index in [2.05, 4.69) is 4.90 Å². The highest BCUT2D eigenvalue weighted by Crippen LogP contribution is 2.32. The average Bonchev–Trinajstić information content (AvgIpc) is 2.91. The predicted molar refractivity (Wildman–Crippen MR) is 63.2 cm³/mol. The maximum atomic E-state index is 11.1. The van der Waals surface area contributed by atoms with E-state index < -0.39 is 11.9 Å². The fourth-order valence-corrected chi connectivity index (χ4v) is 2.14. The zero-order valence-electron chi connectivity index (χ0n) is 10.3. The normalized spacial score (nSPS) is 26.6. The molecule has 2 rings (SSSR count). The van der Waals surface area contributed by atoms with Crippen molar-refractivity contribution < 1.29 is 24.6 Å². The Kier molecular flexibility index (Phi) is 5.03. The molecular weight excluding hydrogens is 238 g/mol. The van der Waals surface area contributed by atoms with Crippen LogP contribution in [0, 0.1) is 5.92 Å². The van der Waals surface area contributed by atoms with Crippen molar-refractivity contribution in [2.75, 3.05) is 19.6 Å². The number of allylic oxidation sites excluding steroid dienone is 1. The van der Waals surface area contributed by atoms with Crippen LogP contribution in [0.25, 0.3) is 0 Å². The minimum absolute atomic E-state index is 0.291. The average molecular weight is 255 g/mol. The van der Waals surface area contributed by atoms with Crippen LogP contribution in [0.4, 0.5) is 0 Å². The summed E-state index contributed by atoms with van der Waals surface area (Å²) < 4.78 is 0. The van der Waals surface area contributed by atoms with Gasteiger partial charge in [-0.05, 0) is 30.5 Å². The Morgan fingerprint density at radius 3 is 2.28 bits per heavy atom. The second-order valence-electron chi connectivity index (χ2n) is 4.37. The number of carbonyl (C=O) groups excluding carboxylic acids is 1. The minimum Gasteiger partial charge on any atom is -0.473 e. The molecule has 2 unspecified atom stereocenters. The molecule has 0 aromatic carbocycles. The third-order valence-corrected chi connectivity index (χ3v) is 3.08. The first-order valence-corrected chi connectivity index (χ1v) is 5.86. The molecule has 0 amide bonds. The molecule has 2 bridgehead atoms. The third-order valence-electron chi connectivity index (χ3n) is 3.08. The predicted octanol–water partition coefficient (Wildman–Crippen LogP) is 0.383. The quantitative estimate of drug-likeness (QED) is 0.547. The number of carboxylic acid groups (broad SMARTS) is 2. The Morgan fingerprint density at radius 1 is 1.33 bits per heavy atom. The SMILES string of the molecule is CCC(=O)/C=C1/CN2CCC1C2.O=C(O)C(=O)O. The van der Waals surface area contributed by atoms with Gasteiger partial charge in [-0.15, -0.1) is 0 Å². The number of aliphatic carboxylic acids is 2. The highest BCUT2D eigenvalue weighted by atomic mass is 16.4. The highest BCUT2D eigenvalue weighted by molar-refractivity contribution is 6.27. The zero-order chi connectivity index (χ0) is 13.7. The maximum Gasteiger partial charge on any atom is 0.414 e. The number of ketones is 1. The summed E-state index contributed by atoms with van der Waals surface area (Å²) in [6.45, 7) is 5.41. The largest absolute Gasteiger partial charge is 0.473 e. The maximum absolute atomic E-state index is 11.1. The van der Waals surface area contributed by atoms with Crippen molar-refractivity contribution >= 4 is 17.7 Å².